The van der Waals surface area contributed by atoms with E-state index in [1.807, 2.05) is 66.7 Å². The summed E-state index contributed by atoms with van der Waals surface area (Å²) in [6.07, 6.45) is 0.913. The molecular weight excluding hydrogens is 1140 g/mol. The molecule has 1 aromatic heterocycles. The van der Waals surface area contributed by atoms with Gasteiger partial charge < -0.3 is 69.6 Å². The van der Waals surface area contributed by atoms with Gasteiger partial charge in [-0.1, -0.05) is 141 Å². The highest BCUT2D eigenvalue weighted by atomic mass is 35.5. The first-order valence-electron chi connectivity index (χ1n) is 29.3. The van der Waals surface area contributed by atoms with Gasteiger partial charge in [-0.2, -0.15) is 0 Å². The molecule has 7 rings (SSSR count). The minimum Gasteiger partial charge on any atom is -0.508 e. The summed E-state index contributed by atoms with van der Waals surface area (Å²) < 4.78 is 0. The predicted molar refractivity (Wildman–Crippen MR) is 337 cm³/mol. The fourth-order valence-electron chi connectivity index (χ4n) is 10.3. The number of hydrogen-bond acceptors (Lipinski definition) is 12. The van der Waals surface area contributed by atoms with Gasteiger partial charge in [-0.3, -0.25) is 38.4 Å². The smallest absolute Gasteiger partial charge is 0.243 e. The molecule has 22 heteroatoms. The summed E-state index contributed by atoms with van der Waals surface area (Å²) in [4.78, 5) is 117. The van der Waals surface area contributed by atoms with Crippen molar-refractivity contribution in [2.75, 3.05) is 6.54 Å². The van der Waals surface area contributed by atoms with Gasteiger partial charge in [0.15, 0.2) is 0 Å². The molecule has 0 saturated heterocycles. The Hall–Kier alpha value is -9.15. The number of aromatic nitrogens is 1. The number of hydrogen-bond donors (Lipinski definition) is 13. The summed E-state index contributed by atoms with van der Waals surface area (Å²) in [5.74, 6) is -7.05. The van der Waals surface area contributed by atoms with Gasteiger partial charge in [-0.05, 0) is 114 Å². The summed E-state index contributed by atoms with van der Waals surface area (Å²) in [5, 5.41) is 42.8. The number of carbonyl (C=O) groups is 8. The van der Waals surface area contributed by atoms with Gasteiger partial charge >= 0.3 is 0 Å². The number of H-pyrrole nitrogens is 1. The van der Waals surface area contributed by atoms with E-state index in [1.54, 1.807) is 86.8 Å². The lowest BCUT2D eigenvalue weighted by atomic mass is 9.98. The van der Waals surface area contributed by atoms with Crippen LogP contribution in [0.3, 0.4) is 0 Å². The Kier molecular flexibility index (Phi) is 24.1. The van der Waals surface area contributed by atoms with E-state index in [1.165, 1.54) is 19.1 Å². The third-order valence-corrected chi connectivity index (χ3v) is 15.5. The highest BCUT2D eigenvalue weighted by Crippen LogP contribution is 2.22. The standard InChI is InChI=1S/C66H78ClN11O10/c1-38(2)57(66(88)76-55(32-40-14-5-4-6-15-40)65(87)78-58(39(3)79)59(70)81)77-61(83)52(22-11-12-31-68)72-64(86)56(36-45-37-71-51-21-10-9-20-49(45)51)75-63(85)54(34-42-25-29-47(80)30-26-42)74-62(84)53(33-41-23-27-46(67)28-24-41)73-60(82)50(69)35-44-18-13-17-43-16-7-8-19-48(43)44/h4-10,13-21,23-30,37-39,50,52-58,71,79-80H,11-12,22,31-36,68-69H2,1-3H3,(H2,70,81)(H,72,86)(H,73,82)(H,74,84)(H,75,85)(H,76,88)(H,77,83)(H,78,87)/t39-,50-,52+,53+,54+,55+,56-,57+,58+/m1/s1. The Labute approximate surface area is 515 Å². The Morgan fingerprint density at radius 2 is 0.966 bits per heavy atom. The van der Waals surface area contributed by atoms with Crippen LogP contribution in [0.2, 0.25) is 5.02 Å². The maximum Gasteiger partial charge on any atom is 0.243 e. The van der Waals surface area contributed by atoms with Crippen molar-refractivity contribution in [3.05, 3.63) is 185 Å². The molecule has 8 amide bonds. The van der Waals surface area contributed by atoms with Crippen LogP contribution in [0.15, 0.2) is 152 Å². The fourth-order valence-corrected chi connectivity index (χ4v) is 10.4. The van der Waals surface area contributed by atoms with Crippen LogP contribution in [0.4, 0.5) is 0 Å². The highest BCUT2D eigenvalue weighted by molar-refractivity contribution is 6.30. The summed E-state index contributed by atoms with van der Waals surface area (Å²) in [5.41, 5.74) is 21.9. The van der Waals surface area contributed by atoms with Crippen molar-refractivity contribution in [3.8, 4) is 5.75 Å². The van der Waals surface area contributed by atoms with Crippen molar-refractivity contribution in [1.82, 2.24) is 42.2 Å². The van der Waals surface area contributed by atoms with Crippen molar-refractivity contribution >= 4 is 80.5 Å². The molecule has 16 N–H and O–H groups in total. The number of benzene rings is 6. The van der Waals surface area contributed by atoms with Gasteiger partial charge in [-0.15, -0.1) is 0 Å². The number of unbranched alkanes of at least 4 members (excludes halogenated alkanes) is 1. The van der Waals surface area contributed by atoms with E-state index < -0.39 is 108 Å². The summed E-state index contributed by atoms with van der Waals surface area (Å²) in [7, 11) is 0. The number of nitrogens with one attached hydrogen (secondary N) is 8. The van der Waals surface area contributed by atoms with E-state index in [4.69, 9.17) is 28.8 Å². The molecule has 0 bridgehead atoms. The zero-order chi connectivity index (χ0) is 63.4. The van der Waals surface area contributed by atoms with Crippen molar-refractivity contribution in [3.63, 3.8) is 0 Å². The largest absolute Gasteiger partial charge is 0.508 e. The van der Waals surface area contributed by atoms with E-state index in [9.17, 15) is 39.0 Å². The second-order valence-electron chi connectivity index (χ2n) is 22.4. The maximum atomic E-state index is 15.1. The number of phenols is 1. The Morgan fingerprint density at radius 1 is 0.489 bits per heavy atom. The molecule has 7 aromatic rings. The number of rotatable bonds is 31. The molecule has 0 fully saturated rings. The first-order chi connectivity index (χ1) is 42.2. The minimum absolute atomic E-state index is 0.0354. The topological polar surface area (TPSA) is 355 Å². The van der Waals surface area contributed by atoms with E-state index in [-0.39, 0.29) is 50.8 Å². The average molecular weight is 1220 g/mol. The van der Waals surface area contributed by atoms with Crippen LogP contribution >= 0.6 is 11.6 Å². The number of amides is 8. The number of nitrogens with two attached hydrogens (primary N) is 3. The molecule has 0 spiro atoms. The van der Waals surface area contributed by atoms with Crippen LogP contribution in [0.25, 0.3) is 21.7 Å². The van der Waals surface area contributed by atoms with E-state index in [2.05, 4.69) is 42.2 Å². The minimum atomic E-state index is -1.48. The number of aromatic amines is 1. The average Bonchev–Trinajstić information content (AvgIpc) is 2.52. The third kappa shape index (κ3) is 18.9. The number of carbonyl (C=O) groups excluding carboxylic acids is 8. The second-order valence-corrected chi connectivity index (χ2v) is 22.8. The molecule has 6 aromatic carbocycles. The second kappa shape index (κ2) is 32.0. The lowest BCUT2D eigenvalue weighted by molar-refractivity contribution is -0.136. The summed E-state index contributed by atoms with van der Waals surface area (Å²) in [6.45, 7) is 4.88. The van der Waals surface area contributed by atoms with Crippen molar-refractivity contribution in [2.45, 2.75) is 127 Å². The van der Waals surface area contributed by atoms with Gasteiger partial charge in [0, 0.05) is 47.8 Å². The molecule has 0 aliphatic heterocycles. The van der Waals surface area contributed by atoms with Crippen LogP contribution in [0.5, 0.6) is 5.75 Å². The first-order valence-corrected chi connectivity index (χ1v) is 29.7. The molecule has 21 nitrogen and oxygen atoms in total. The lowest BCUT2D eigenvalue weighted by Crippen LogP contribution is -2.62. The zero-order valence-electron chi connectivity index (χ0n) is 49.3. The summed E-state index contributed by atoms with van der Waals surface area (Å²) >= 11 is 6.24. The van der Waals surface area contributed by atoms with Gasteiger partial charge in [0.25, 0.3) is 0 Å². The van der Waals surface area contributed by atoms with E-state index >= 15 is 9.59 Å². The van der Waals surface area contributed by atoms with Gasteiger partial charge in [0.05, 0.1) is 12.1 Å². The molecule has 464 valence electrons. The van der Waals surface area contributed by atoms with Crippen LogP contribution in [-0.2, 0) is 70.5 Å². The van der Waals surface area contributed by atoms with Crippen molar-refractivity contribution in [1.29, 1.82) is 0 Å². The molecule has 0 aliphatic rings. The first kappa shape index (κ1) is 66.4. The maximum absolute atomic E-state index is 15.1. The highest BCUT2D eigenvalue weighted by Gasteiger charge is 2.36. The predicted octanol–water partition coefficient (Wildman–Crippen LogP) is 3.57. The molecule has 0 unspecified atom stereocenters. The Morgan fingerprint density at radius 3 is 1.56 bits per heavy atom. The van der Waals surface area contributed by atoms with E-state index in [0.717, 1.165) is 27.2 Å². The number of primary amides is 1. The molecule has 9 atom stereocenters. The Bertz CT molecular complexity index is 3520. The van der Waals surface area contributed by atoms with Crippen molar-refractivity contribution < 1.29 is 48.6 Å². The van der Waals surface area contributed by atoms with E-state index in [0.29, 0.717) is 40.1 Å². The SMILES string of the molecule is CC(C)[C@H](NC(=O)[C@H](CCCCN)NC(=O)[C@@H](Cc1c[nH]c2ccccc12)NC(=O)[C@H](Cc1ccc(O)cc1)NC(=O)[C@H](Cc1ccc(Cl)cc1)NC(=O)[C@H](N)Cc1cccc2ccccc12)C(=O)N[C@@H](Cc1ccccc1)C(=O)N[C@H](C(N)=O)[C@@H](C)O. The van der Waals surface area contributed by atoms with Gasteiger partial charge in [0.2, 0.25) is 47.3 Å². The zero-order valence-corrected chi connectivity index (χ0v) is 50.1. The monoisotopic (exact) mass is 1220 g/mol. The fraction of sp³-hybridized carbons (Fsp3) is 0.333. The number of aromatic hydroxyl groups is 1. The number of aliphatic hydroxyl groups is 1. The number of halogens is 1. The lowest BCUT2D eigenvalue weighted by Gasteiger charge is -2.29. The van der Waals surface area contributed by atoms with Gasteiger partial charge in [0.1, 0.15) is 48.0 Å². The normalized spacial score (nSPS) is 14.4. The molecular formula is C66H78ClN11O10. The quantitative estimate of drug-likeness (QED) is 0.0278. The number of phenolic OH excluding ortho intramolecular Hbond substituents is 1. The molecule has 0 aliphatic carbocycles. The number of aliphatic hydroxyl groups excluding tert-OH is 1. The van der Waals surface area contributed by atoms with Crippen LogP contribution in [0.1, 0.15) is 67.9 Å². The molecule has 0 radical (unpaired) electrons. The van der Waals surface area contributed by atoms with Crippen LogP contribution < -0.4 is 54.4 Å². The Balaban J connectivity index is 1.16. The summed E-state index contributed by atoms with van der Waals surface area (Å²) in [6, 6.07) is 31.4. The molecule has 88 heavy (non-hydrogen) atoms. The van der Waals surface area contributed by atoms with Crippen LogP contribution in [-0.4, -0.2) is 123 Å². The number of fused-ring (bicyclic) bond motifs is 2. The third-order valence-electron chi connectivity index (χ3n) is 15.2. The van der Waals surface area contributed by atoms with Crippen molar-refractivity contribution in [2.24, 2.45) is 23.1 Å². The van der Waals surface area contributed by atoms with Crippen LogP contribution in [0, 0.1) is 5.92 Å². The number of para-hydroxylation sites is 1. The molecule has 0 saturated carbocycles. The molecule has 1 heterocycles. The van der Waals surface area contributed by atoms with Gasteiger partial charge in [-0.25, -0.2) is 0 Å².